The lowest BCUT2D eigenvalue weighted by molar-refractivity contribution is -0.360. The molecule has 5 unspecified atom stereocenters. The molecule has 2 aromatic rings. The normalized spacial score (nSPS) is 33.9. The van der Waals surface area contributed by atoms with Crippen LogP contribution in [0.5, 0.6) is 0 Å². The zero-order chi connectivity index (χ0) is 15.6. The molecule has 4 nitrogen and oxygen atoms in total. The molecule has 0 bridgehead atoms. The molecule has 2 fully saturated rings. The first-order chi connectivity index (χ1) is 11.3. The Hall–Kier alpha value is -1.72. The molecule has 0 aromatic heterocycles. The lowest BCUT2D eigenvalue weighted by Gasteiger charge is -2.45. The predicted molar refractivity (Wildman–Crippen MR) is 84.6 cm³/mol. The number of hydrogen-bond acceptors (Lipinski definition) is 4. The zero-order valence-corrected chi connectivity index (χ0v) is 13.0. The standard InChI is InChI=1S/C19H20O4/c1-13-17-16(22-19(21-13)15-10-6-3-7-11-15)12-20-18(23-17)14-8-4-2-5-9-14/h2-11,13,16-19H,12H2,1H3. The summed E-state index contributed by atoms with van der Waals surface area (Å²) in [5.74, 6) is 0. The first-order valence-corrected chi connectivity index (χ1v) is 7.99. The van der Waals surface area contributed by atoms with E-state index >= 15 is 0 Å². The highest BCUT2D eigenvalue weighted by Crippen LogP contribution is 2.37. The van der Waals surface area contributed by atoms with Crippen molar-refractivity contribution in [1.29, 1.82) is 0 Å². The Bertz CT molecular complexity index is 630. The van der Waals surface area contributed by atoms with Crippen LogP contribution in [0.25, 0.3) is 0 Å². The quantitative estimate of drug-likeness (QED) is 0.849. The van der Waals surface area contributed by atoms with Crippen LogP contribution in [-0.2, 0) is 18.9 Å². The van der Waals surface area contributed by atoms with E-state index in [0.717, 1.165) is 11.1 Å². The highest BCUT2D eigenvalue weighted by atomic mass is 16.8. The van der Waals surface area contributed by atoms with Crippen LogP contribution in [0.15, 0.2) is 60.7 Å². The van der Waals surface area contributed by atoms with Gasteiger partial charge in [0.2, 0.25) is 0 Å². The average Bonchev–Trinajstić information content (AvgIpc) is 2.63. The van der Waals surface area contributed by atoms with Crippen LogP contribution in [0, 0.1) is 0 Å². The summed E-state index contributed by atoms with van der Waals surface area (Å²) in [5, 5.41) is 0. The van der Waals surface area contributed by atoms with Gasteiger partial charge in [-0.2, -0.15) is 0 Å². The first kappa shape index (κ1) is 14.8. The minimum atomic E-state index is -0.368. The van der Waals surface area contributed by atoms with Gasteiger partial charge in [0.1, 0.15) is 12.2 Å². The van der Waals surface area contributed by atoms with Crippen molar-refractivity contribution in [2.24, 2.45) is 0 Å². The molecule has 4 rings (SSSR count). The van der Waals surface area contributed by atoms with Gasteiger partial charge in [-0.05, 0) is 6.92 Å². The van der Waals surface area contributed by atoms with Crippen LogP contribution in [0.4, 0.5) is 0 Å². The van der Waals surface area contributed by atoms with Crippen molar-refractivity contribution in [2.45, 2.75) is 37.8 Å². The van der Waals surface area contributed by atoms with Crippen LogP contribution < -0.4 is 0 Å². The molecule has 2 saturated heterocycles. The number of rotatable bonds is 2. The molecule has 2 heterocycles. The number of fused-ring (bicyclic) bond motifs is 1. The van der Waals surface area contributed by atoms with E-state index in [2.05, 4.69) is 0 Å². The van der Waals surface area contributed by atoms with Crippen LogP contribution in [0.2, 0.25) is 0 Å². The summed E-state index contributed by atoms with van der Waals surface area (Å²) in [6.07, 6.45) is -1.04. The second-order valence-electron chi connectivity index (χ2n) is 5.93. The molecule has 2 aromatic carbocycles. The molecule has 0 N–H and O–H groups in total. The molecular weight excluding hydrogens is 292 g/mol. The van der Waals surface area contributed by atoms with Crippen molar-refractivity contribution in [1.82, 2.24) is 0 Å². The Labute approximate surface area is 135 Å². The predicted octanol–water partition coefficient (Wildman–Crippen LogP) is 3.60. The van der Waals surface area contributed by atoms with Gasteiger partial charge in [-0.1, -0.05) is 60.7 Å². The van der Waals surface area contributed by atoms with Crippen molar-refractivity contribution in [3.05, 3.63) is 71.8 Å². The molecule has 0 amide bonds. The Morgan fingerprint density at radius 1 is 0.739 bits per heavy atom. The van der Waals surface area contributed by atoms with E-state index in [9.17, 15) is 0 Å². The maximum atomic E-state index is 6.10. The van der Waals surface area contributed by atoms with Crippen LogP contribution in [0.1, 0.15) is 30.6 Å². The summed E-state index contributed by atoms with van der Waals surface area (Å²) in [4.78, 5) is 0. The maximum absolute atomic E-state index is 6.10. The van der Waals surface area contributed by atoms with Gasteiger partial charge in [0.25, 0.3) is 0 Å². The van der Waals surface area contributed by atoms with E-state index in [1.807, 2.05) is 67.6 Å². The third-order valence-corrected chi connectivity index (χ3v) is 4.30. The Morgan fingerprint density at radius 2 is 1.35 bits per heavy atom. The van der Waals surface area contributed by atoms with E-state index in [1.165, 1.54) is 0 Å². The summed E-state index contributed by atoms with van der Waals surface area (Å²) in [6.45, 7) is 2.53. The maximum Gasteiger partial charge on any atom is 0.184 e. The Morgan fingerprint density at radius 3 is 2.00 bits per heavy atom. The van der Waals surface area contributed by atoms with Gasteiger partial charge in [0.15, 0.2) is 12.6 Å². The number of ether oxygens (including phenoxy) is 4. The zero-order valence-electron chi connectivity index (χ0n) is 13.0. The summed E-state index contributed by atoms with van der Waals surface area (Å²) in [6, 6.07) is 19.9. The fourth-order valence-electron chi connectivity index (χ4n) is 3.09. The Balaban J connectivity index is 1.48. The van der Waals surface area contributed by atoms with Crippen LogP contribution in [-0.4, -0.2) is 24.9 Å². The van der Waals surface area contributed by atoms with Crippen molar-refractivity contribution < 1.29 is 18.9 Å². The largest absolute Gasteiger partial charge is 0.346 e. The van der Waals surface area contributed by atoms with Gasteiger partial charge in [0, 0.05) is 11.1 Å². The molecule has 23 heavy (non-hydrogen) atoms. The van der Waals surface area contributed by atoms with E-state index in [0.29, 0.717) is 6.61 Å². The monoisotopic (exact) mass is 312 g/mol. The SMILES string of the molecule is CC1OC(c2ccccc2)OC2COC(c3ccccc3)OC12. The van der Waals surface area contributed by atoms with Crippen molar-refractivity contribution >= 4 is 0 Å². The van der Waals surface area contributed by atoms with Gasteiger partial charge in [0.05, 0.1) is 12.7 Å². The highest BCUT2D eigenvalue weighted by Gasteiger charge is 2.43. The summed E-state index contributed by atoms with van der Waals surface area (Å²) < 4.78 is 24.0. The molecule has 2 aliphatic heterocycles. The third-order valence-electron chi connectivity index (χ3n) is 4.30. The molecule has 5 atom stereocenters. The molecule has 0 spiro atoms. The van der Waals surface area contributed by atoms with Gasteiger partial charge >= 0.3 is 0 Å². The van der Waals surface area contributed by atoms with E-state index < -0.39 is 0 Å². The van der Waals surface area contributed by atoms with E-state index in [1.54, 1.807) is 0 Å². The summed E-state index contributed by atoms with van der Waals surface area (Å²) >= 11 is 0. The van der Waals surface area contributed by atoms with Crippen LogP contribution >= 0.6 is 0 Å². The van der Waals surface area contributed by atoms with E-state index in [4.69, 9.17) is 18.9 Å². The average molecular weight is 312 g/mol. The molecule has 2 aliphatic rings. The molecule has 4 heteroatoms. The second-order valence-corrected chi connectivity index (χ2v) is 5.93. The van der Waals surface area contributed by atoms with Crippen LogP contribution in [0.3, 0.4) is 0 Å². The fraction of sp³-hybridized carbons (Fsp3) is 0.368. The van der Waals surface area contributed by atoms with E-state index in [-0.39, 0.29) is 30.9 Å². The molecule has 0 saturated carbocycles. The molecule has 0 aliphatic carbocycles. The molecular formula is C19H20O4. The topological polar surface area (TPSA) is 36.9 Å². The highest BCUT2D eigenvalue weighted by molar-refractivity contribution is 5.18. The van der Waals surface area contributed by atoms with Gasteiger partial charge in [-0.25, -0.2) is 0 Å². The Kier molecular flexibility index (Phi) is 4.14. The number of hydrogen-bond donors (Lipinski definition) is 0. The summed E-state index contributed by atoms with van der Waals surface area (Å²) in [7, 11) is 0. The second kappa shape index (κ2) is 6.42. The lowest BCUT2D eigenvalue weighted by atomic mass is 10.0. The lowest BCUT2D eigenvalue weighted by Crippen LogP contribution is -2.53. The third kappa shape index (κ3) is 3.03. The minimum absolute atomic E-state index is 0.0610. The van der Waals surface area contributed by atoms with Crippen molar-refractivity contribution in [3.63, 3.8) is 0 Å². The van der Waals surface area contributed by atoms with Crippen molar-refractivity contribution in [2.75, 3.05) is 6.61 Å². The first-order valence-electron chi connectivity index (χ1n) is 7.99. The van der Waals surface area contributed by atoms with Gasteiger partial charge in [-0.3, -0.25) is 0 Å². The van der Waals surface area contributed by atoms with Gasteiger partial charge in [-0.15, -0.1) is 0 Å². The van der Waals surface area contributed by atoms with Gasteiger partial charge < -0.3 is 18.9 Å². The smallest absolute Gasteiger partial charge is 0.184 e. The summed E-state index contributed by atoms with van der Waals surface area (Å²) in [5.41, 5.74) is 2.03. The fourth-order valence-corrected chi connectivity index (χ4v) is 3.09. The molecule has 0 radical (unpaired) electrons. The van der Waals surface area contributed by atoms with Crippen molar-refractivity contribution in [3.8, 4) is 0 Å². The minimum Gasteiger partial charge on any atom is -0.346 e. The molecule has 120 valence electrons. The number of benzene rings is 2.